The summed E-state index contributed by atoms with van der Waals surface area (Å²) in [6.45, 7) is 7.39. The van der Waals surface area contributed by atoms with Crippen LogP contribution >= 0.6 is 11.6 Å². The highest BCUT2D eigenvalue weighted by Gasteiger charge is 2.38. The number of alkyl halides is 3. The van der Waals surface area contributed by atoms with Crippen LogP contribution in [0.25, 0.3) is 0 Å². The van der Waals surface area contributed by atoms with Gasteiger partial charge in [-0.1, -0.05) is 23.7 Å². The van der Waals surface area contributed by atoms with Gasteiger partial charge in [0.2, 0.25) is 0 Å². The number of hydrogen-bond acceptors (Lipinski definition) is 4. The molecule has 36 heavy (non-hydrogen) atoms. The van der Waals surface area contributed by atoms with Crippen LogP contribution in [0, 0.1) is 13.8 Å². The molecule has 0 spiro atoms. The van der Waals surface area contributed by atoms with E-state index in [1.165, 1.54) is 17.7 Å². The molecule has 0 amide bonds. The number of benzene rings is 2. The number of ether oxygens (including phenoxy) is 1. The van der Waals surface area contributed by atoms with E-state index >= 15 is 0 Å². The molecule has 0 bridgehead atoms. The van der Waals surface area contributed by atoms with Crippen LogP contribution in [0.1, 0.15) is 47.1 Å². The molecule has 0 aliphatic carbocycles. The summed E-state index contributed by atoms with van der Waals surface area (Å²) in [5.41, 5.74) is 1.48. The molecule has 1 N–H and O–H groups in total. The Hall–Kier alpha value is -2.55. The van der Waals surface area contributed by atoms with Crippen LogP contribution in [0.4, 0.5) is 13.2 Å². The maximum atomic E-state index is 13.3. The number of nitrogens with zero attached hydrogens (tertiary/aromatic N) is 3. The molecule has 4 rings (SSSR count). The molecule has 2 heterocycles. The molecule has 2 aromatic carbocycles. The summed E-state index contributed by atoms with van der Waals surface area (Å²) in [4.78, 5) is 2.22. The number of piperidine rings is 1. The van der Waals surface area contributed by atoms with Crippen molar-refractivity contribution in [3.8, 4) is 5.75 Å². The molecule has 0 atom stereocenters. The Morgan fingerprint density at radius 2 is 1.86 bits per heavy atom. The lowest BCUT2D eigenvalue weighted by Crippen LogP contribution is -2.42. The fraction of sp³-hybridized carbons (Fsp3) is 0.444. The SMILES string of the molecule is Cc1c(CN2CCC(O)(c3ccc(Cl)c(C(F)(F)F)c3)CC2)ccc(OCCCn2cccn2)c1C. The topological polar surface area (TPSA) is 50.5 Å². The molecule has 1 fully saturated rings. The molecule has 1 aromatic heterocycles. The second-order valence-electron chi connectivity index (χ2n) is 9.44. The Bertz CT molecular complexity index is 1170. The van der Waals surface area contributed by atoms with E-state index in [1.807, 2.05) is 23.0 Å². The van der Waals surface area contributed by atoms with Crippen molar-refractivity contribution in [1.82, 2.24) is 14.7 Å². The van der Waals surface area contributed by atoms with Crippen LogP contribution in [0.3, 0.4) is 0 Å². The maximum absolute atomic E-state index is 13.3. The Morgan fingerprint density at radius 1 is 1.11 bits per heavy atom. The van der Waals surface area contributed by atoms with E-state index < -0.39 is 17.3 Å². The Labute approximate surface area is 214 Å². The first-order valence-corrected chi connectivity index (χ1v) is 12.5. The van der Waals surface area contributed by atoms with Crippen molar-refractivity contribution in [2.45, 2.75) is 58.0 Å². The lowest BCUT2D eigenvalue weighted by atomic mass is 9.83. The number of aromatic nitrogens is 2. The zero-order valence-corrected chi connectivity index (χ0v) is 21.2. The maximum Gasteiger partial charge on any atom is 0.417 e. The van der Waals surface area contributed by atoms with Crippen molar-refractivity contribution in [3.63, 3.8) is 0 Å². The first kappa shape index (κ1) is 26.5. The van der Waals surface area contributed by atoms with E-state index in [1.54, 1.807) is 6.20 Å². The van der Waals surface area contributed by atoms with E-state index in [2.05, 4.69) is 29.9 Å². The molecule has 1 saturated heterocycles. The molecular formula is C27H31ClF3N3O2. The zero-order chi connectivity index (χ0) is 25.9. The largest absolute Gasteiger partial charge is 0.493 e. The summed E-state index contributed by atoms with van der Waals surface area (Å²) in [5.74, 6) is 0.868. The van der Waals surface area contributed by atoms with E-state index in [-0.39, 0.29) is 10.6 Å². The first-order chi connectivity index (χ1) is 17.1. The molecule has 3 aromatic rings. The molecule has 1 aliphatic rings. The van der Waals surface area contributed by atoms with Gasteiger partial charge in [0.15, 0.2) is 0 Å². The predicted octanol–water partition coefficient (Wildman–Crippen LogP) is 6.12. The predicted molar refractivity (Wildman–Crippen MR) is 133 cm³/mol. The highest BCUT2D eigenvalue weighted by Crippen LogP contribution is 2.40. The van der Waals surface area contributed by atoms with Crippen LogP contribution in [0.2, 0.25) is 5.02 Å². The van der Waals surface area contributed by atoms with Crippen molar-refractivity contribution in [3.05, 3.63) is 81.6 Å². The summed E-state index contributed by atoms with van der Waals surface area (Å²) in [6.07, 6.45) is 0.687. The lowest BCUT2D eigenvalue weighted by molar-refractivity contribution is -0.137. The summed E-state index contributed by atoms with van der Waals surface area (Å²) in [5, 5.41) is 15.0. The second-order valence-corrected chi connectivity index (χ2v) is 9.85. The van der Waals surface area contributed by atoms with Gasteiger partial charge in [-0.05, 0) is 73.2 Å². The summed E-state index contributed by atoms with van der Waals surface area (Å²) in [6, 6.07) is 9.67. The fourth-order valence-electron chi connectivity index (χ4n) is 4.66. The Balaban J connectivity index is 1.34. The quantitative estimate of drug-likeness (QED) is 0.363. The van der Waals surface area contributed by atoms with Gasteiger partial charge in [0.1, 0.15) is 5.75 Å². The van der Waals surface area contributed by atoms with Crippen molar-refractivity contribution in [1.29, 1.82) is 0 Å². The second kappa shape index (κ2) is 10.8. The normalized spacial score (nSPS) is 16.3. The smallest absolute Gasteiger partial charge is 0.417 e. The number of likely N-dealkylation sites (tertiary alicyclic amines) is 1. The molecular weight excluding hydrogens is 491 g/mol. The molecule has 194 valence electrons. The van der Waals surface area contributed by atoms with E-state index in [0.29, 0.717) is 39.1 Å². The molecule has 5 nitrogen and oxygen atoms in total. The fourth-order valence-corrected chi connectivity index (χ4v) is 4.89. The van der Waals surface area contributed by atoms with E-state index in [0.717, 1.165) is 35.9 Å². The first-order valence-electron chi connectivity index (χ1n) is 12.1. The van der Waals surface area contributed by atoms with Gasteiger partial charge in [-0.25, -0.2) is 0 Å². The van der Waals surface area contributed by atoms with Gasteiger partial charge >= 0.3 is 6.18 Å². The standard InChI is InChI=1S/C27H31ClF3N3O2/c1-19-20(2)25(36-16-4-13-34-12-3-11-32-34)8-5-21(19)18-33-14-9-26(35,10-15-33)22-6-7-24(28)23(17-22)27(29,30)31/h3,5-8,11-12,17,35H,4,9-10,13-16,18H2,1-2H3. The Morgan fingerprint density at radius 3 is 2.53 bits per heavy atom. The zero-order valence-electron chi connectivity index (χ0n) is 20.5. The van der Waals surface area contributed by atoms with E-state index in [4.69, 9.17) is 16.3 Å². The average molecular weight is 522 g/mol. The number of aryl methyl sites for hydroxylation is 1. The van der Waals surface area contributed by atoms with Gasteiger partial charge in [-0.3, -0.25) is 9.58 Å². The lowest BCUT2D eigenvalue weighted by Gasteiger charge is -2.39. The summed E-state index contributed by atoms with van der Waals surface area (Å²) in [7, 11) is 0. The van der Waals surface area contributed by atoms with Crippen molar-refractivity contribution in [2.24, 2.45) is 0 Å². The van der Waals surface area contributed by atoms with E-state index in [9.17, 15) is 18.3 Å². The van der Waals surface area contributed by atoms with Gasteiger partial charge in [-0.15, -0.1) is 0 Å². The number of aliphatic hydroxyl groups is 1. The third kappa shape index (κ3) is 6.05. The summed E-state index contributed by atoms with van der Waals surface area (Å²) < 4.78 is 47.7. The average Bonchev–Trinajstić information content (AvgIpc) is 3.35. The van der Waals surface area contributed by atoms with Crippen LogP contribution < -0.4 is 4.74 Å². The number of halogens is 4. The highest BCUT2D eigenvalue weighted by atomic mass is 35.5. The Kier molecular flexibility index (Phi) is 7.97. The van der Waals surface area contributed by atoms with Crippen molar-refractivity contribution in [2.75, 3.05) is 19.7 Å². The van der Waals surface area contributed by atoms with Gasteiger partial charge in [0.05, 0.1) is 22.8 Å². The van der Waals surface area contributed by atoms with Gasteiger partial charge in [-0.2, -0.15) is 18.3 Å². The highest BCUT2D eigenvalue weighted by molar-refractivity contribution is 6.31. The van der Waals surface area contributed by atoms with Crippen molar-refractivity contribution < 1.29 is 23.0 Å². The van der Waals surface area contributed by atoms with Crippen molar-refractivity contribution >= 4 is 11.6 Å². The monoisotopic (exact) mass is 521 g/mol. The molecule has 9 heteroatoms. The van der Waals surface area contributed by atoms with Gasteiger partial charge in [0, 0.05) is 45.0 Å². The molecule has 0 unspecified atom stereocenters. The number of hydrogen-bond donors (Lipinski definition) is 1. The van der Waals surface area contributed by atoms with Crippen LogP contribution in [0.5, 0.6) is 5.75 Å². The minimum absolute atomic E-state index is 0.264. The minimum atomic E-state index is -4.56. The van der Waals surface area contributed by atoms with Gasteiger partial charge < -0.3 is 9.84 Å². The van der Waals surface area contributed by atoms with Crippen LogP contribution in [-0.2, 0) is 24.9 Å². The minimum Gasteiger partial charge on any atom is -0.493 e. The summed E-state index contributed by atoms with van der Waals surface area (Å²) >= 11 is 5.75. The molecule has 1 aliphatic heterocycles. The molecule has 0 saturated carbocycles. The van der Waals surface area contributed by atoms with Crippen LogP contribution in [0.15, 0.2) is 48.8 Å². The third-order valence-electron chi connectivity index (χ3n) is 7.08. The molecule has 0 radical (unpaired) electrons. The number of rotatable bonds is 8. The van der Waals surface area contributed by atoms with Gasteiger partial charge in [0.25, 0.3) is 0 Å². The van der Waals surface area contributed by atoms with Crippen LogP contribution in [-0.4, -0.2) is 39.5 Å². The third-order valence-corrected chi connectivity index (χ3v) is 7.41.